The molecule has 0 spiro atoms. The molecule has 0 aromatic carbocycles. The van der Waals surface area contributed by atoms with Crippen LogP contribution in [0.2, 0.25) is 0 Å². The average molecular weight is 139 g/mol. The zero-order valence-corrected chi connectivity index (χ0v) is 7.07. The highest BCUT2D eigenvalue weighted by atomic mass is 31.1. The van der Waals surface area contributed by atoms with E-state index in [1.807, 2.05) is 0 Å². The lowest BCUT2D eigenvalue weighted by Crippen LogP contribution is -1.74. The smallest absolute Gasteiger partial charge is 0.0515 e. The van der Waals surface area contributed by atoms with Gasteiger partial charge in [-0.15, -0.1) is 0 Å². The molecule has 9 heavy (non-hydrogen) atoms. The van der Waals surface area contributed by atoms with Crippen LogP contribution in [0, 0.1) is 13.8 Å². The van der Waals surface area contributed by atoms with Crippen LogP contribution in [0.1, 0.15) is 10.9 Å². The fourth-order valence-corrected chi connectivity index (χ4v) is 2.03. The van der Waals surface area contributed by atoms with Crippen molar-refractivity contribution in [2.24, 2.45) is 6.66 Å². The molecule has 0 aliphatic rings. The van der Waals surface area contributed by atoms with Crippen molar-refractivity contribution in [2.45, 2.75) is 13.8 Å². The first-order valence-electron chi connectivity index (χ1n) is 3.13. The summed E-state index contributed by atoms with van der Waals surface area (Å²) in [5, 5.41) is 1.56. The lowest BCUT2D eigenvalue weighted by atomic mass is 10.3. The molecule has 0 nitrogen and oxygen atoms in total. The fraction of sp³-hybridized carbons (Fsp3) is 0.375. The number of rotatable bonds is 0. The lowest BCUT2D eigenvalue weighted by Gasteiger charge is -1.90. The number of hydrogen-bond donors (Lipinski definition) is 0. The van der Waals surface area contributed by atoms with Crippen molar-refractivity contribution in [1.82, 2.24) is 0 Å². The molecule has 1 unspecified atom stereocenters. The summed E-state index contributed by atoms with van der Waals surface area (Å²) in [4.78, 5) is 0. The van der Waals surface area contributed by atoms with Gasteiger partial charge in [0, 0.05) is 6.92 Å². The summed E-state index contributed by atoms with van der Waals surface area (Å²) < 4.78 is 0. The Bertz CT molecular complexity index is 196. The topological polar surface area (TPSA) is 0 Å². The Labute approximate surface area is 57.6 Å². The molecule has 0 radical (unpaired) electrons. The van der Waals surface area contributed by atoms with E-state index in [-0.39, 0.29) is 7.53 Å². The van der Waals surface area contributed by atoms with Crippen molar-refractivity contribution in [2.75, 3.05) is 0 Å². The van der Waals surface area contributed by atoms with Gasteiger partial charge in [-0.3, -0.25) is 0 Å². The second-order valence-electron chi connectivity index (χ2n) is 2.39. The van der Waals surface area contributed by atoms with Crippen LogP contribution in [-0.4, -0.2) is 0 Å². The molecule has 1 rings (SSSR count). The molecule has 1 aromatic rings. The van der Waals surface area contributed by atoms with E-state index in [1.165, 1.54) is 5.56 Å². The Morgan fingerprint density at radius 1 is 1.33 bits per heavy atom. The van der Waals surface area contributed by atoms with Gasteiger partial charge in [0.1, 0.15) is 25.3 Å². The molecule has 0 fully saturated rings. The molecule has 1 heterocycles. The number of hydrogen-bond acceptors (Lipinski definition) is 0. The molecular weight excluding hydrogens is 127 g/mol. The summed E-state index contributed by atoms with van der Waals surface area (Å²) in [6.07, 6.45) is 0. The van der Waals surface area contributed by atoms with Crippen molar-refractivity contribution >= 4 is 7.53 Å². The van der Waals surface area contributed by atoms with Gasteiger partial charge in [0.15, 0.2) is 0 Å². The van der Waals surface area contributed by atoms with E-state index in [0.29, 0.717) is 0 Å². The van der Waals surface area contributed by atoms with E-state index in [1.54, 1.807) is 5.30 Å². The van der Waals surface area contributed by atoms with Crippen LogP contribution in [0.4, 0.5) is 0 Å². The van der Waals surface area contributed by atoms with Crippen molar-refractivity contribution in [3.63, 3.8) is 0 Å². The van der Waals surface area contributed by atoms with Crippen LogP contribution in [0.5, 0.6) is 0 Å². The van der Waals surface area contributed by atoms with Gasteiger partial charge in [-0.05, 0) is 18.6 Å². The summed E-state index contributed by atoms with van der Waals surface area (Å²) >= 11 is 0. The number of aryl methyl sites for hydroxylation is 2. The standard InChI is InChI=1S/C8H12P/c1-7-5-4-6-9(3)8(7)2/h4-6H,1-3H3/q+1. The molecular formula is C8H12P+. The maximum absolute atomic E-state index is 2.29. The summed E-state index contributed by atoms with van der Waals surface area (Å²) in [7, 11) is 0.0756. The molecule has 0 aliphatic heterocycles. The van der Waals surface area contributed by atoms with Gasteiger partial charge in [0.05, 0.1) is 0 Å². The van der Waals surface area contributed by atoms with Gasteiger partial charge in [-0.2, -0.15) is 0 Å². The van der Waals surface area contributed by atoms with Crippen molar-refractivity contribution in [3.05, 3.63) is 28.8 Å². The first-order valence-corrected chi connectivity index (χ1v) is 4.99. The zero-order valence-electron chi connectivity index (χ0n) is 6.18. The summed E-state index contributed by atoms with van der Waals surface area (Å²) in [5.74, 6) is 2.29. The summed E-state index contributed by atoms with van der Waals surface area (Å²) in [6, 6.07) is 4.34. The maximum atomic E-state index is 2.29. The fourth-order valence-electron chi connectivity index (χ4n) is 0.827. The van der Waals surface area contributed by atoms with E-state index in [0.717, 1.165) is 0 Å². The largest absolute Gasteiger partial charge is 0.125 e. The quantitative estimate of drug-likeness (QED) is 0.518. The molecule has 0 amide bonds. The summed E-state index contributed by atoms with van der Waals surface area (Å²) in [5.41, 5.74) is 1.45. The normalized spacial score (nSPS) is 11.7. The van der Waals surface area contributed by atoms with Crippen LogP contribution in [0.3, 0.4) is 0 Å². The SMILES string of the molecule is Cc1ccc[p+](C)c1C. The average Bonchev–Trinajstić information content (AvgIpc) is 1.83. The molecule has 0 saturated heterocycles. The first kappa shape index (κ1) is 6.77. The van der Waals surface area contributed by atoms with Gasteiger partial charge >= 0.3 is 0 Å². The molecule has 1 aromatic heterocycles. The monoisotopic (exact) mass is 139 g/mol. The van der Waals surface area contributed by atoms with Gasteiger partial charge in [0.2, 0.25) is 0 Å². The molecule has 0 aliphatic carbocycles. The molecule has 0 bridgehead atoms. The second kappa shape index (κ2) is 2.49. The third kappa shape index (κ3) is 1.31. The Morgan fingerprint density at radius 3 is 2.44 bits per heavy atom. The minimum absolute atomic E-state index is 0.0756. The van der Waals surface area contributed by atoms with E-state index in [4.69, 9.17) is 0 Å². The Kier molecular flexibility index (Phi) is 1.87. The minimum Gasteiger partial charge on any atom is -0.0515 e. The third-order valence-electron chi connectivity index (χ3n) is 1.76. The summed E-state index contributed by atoms with van der Waals surface area (Å²) in [6.45, 7) is 6.69. The predicted octanol–water partition coefficient (Wildman–Crippen LogP) is 3.11. The Balaban J connectivity index is 3.25. The molecule has 1 heteroatoms. The van der Waals surface area contributed by atoms with E-state index >= 15 is 0 Å². The van der Waals surface area contributed by atoms with E-state index in [9.17, 15) is 0 Å². The molecule has 0 N–H and O–H groups in total. The highest BCUT2D eigenvalue weighted by Gasteiger charge is 2.03. The molecule has 1 atom stereocenters. The van der Waals surface area contributed by atoms with Crippen LogP contribution < -0.4 is 0 Å². The van der Waals surface area contributed by atoms with Crippen molar-refractivity contribution < 1.29 is 0 Å². The highest BCUT2D eigenvalue weighted by Crippen LogP contribution is 2.28. The lowest BCUT2D eigenvalue weighted by molar-refractivity contribution is 1.41. The van der Waals surface area contributed by atoms with Crippen LogP contribution in [0.15, 0.2) is 17.9 Å². The Hall–Kier alpha value is -0.350. The van der Waals surface area contributed by atoms with Gasteiger partial charge in [-0.25, -0.2) is 0 Å². The predicted molar refractivity (Wildman–Crippen MR) is 44.0 cm³/mol. The minimum atomic E-state index is 0.0756. The van der Waals surface area contributed by atoms with Crippen molar-refractivity contribution in [3.8, 4) is 0 Å². The Morgan fingerprint density at radius 2 is 2.00 bits per heavy atom. The van der Waals surface area contributed by atoms with Gasteiger partial charge in [0.25, 0.3) is 0 Å². The van der Waals surface area contributed by atoms with E-state index < -0.39 is 0 Å². The highest BCUT2D eigenvalue weighted by molar-refractivity contribution is 7.47. The zero-order chi connectivity index (χ0) is 6.85. The first-order chi connectivity index (χ1) is 4.22. The van der Waals surface area contributed by atoms with Gasteiger partial charge < -0.3 is 0 Å². The third-order valence-corrected chi connectivity index (χ3v) is 3.79. The second-order valence-corrected chi connectivity index (χ2v) is 4.58. The van der Waals surface area contributed by atoms with Crippen LogP contribution in [0.25, 0.3) is 0 Å². The molecule has 48 valence electrons. The van der Waals surface area contributed by atoms with Crippen LogP contribution >= 0.6 is 7.53 Å². The van der Waals surface area contributed by atoms with Crippen LogP contribution in [-0.2, 0) is 6.66 Å². The maximum Gasteiger partial charge on any atom is 0.125 e. The van der Waals surface area contributed by atoms with E-state index in [2.05, 4.69) is 38.4 Å². The van der Waals surface area contributed by atoms with Gasteiger partial charge in [-0.1, -0.05) is 6.07 Å². The molecule has 0 saturated carbocycles. The van der Waals surface area contributed by atoms with Crippen molar-refractivity contribution in [1.29, 1.82) is 0 Å².